The molecule has 2 aliphatic carbocycles. The van der Waals surface area contributed by atoms with Gasteiger partial charge in [0.1, 0.15) is 5.82 Å². The molecule has 2 saturated carbocycles. The van der Waals surface area contributed by atoms with Crippen LogP contribution in [0.1, 0.15) is 31.4 Å². The van der Waals surface area contributed by atoms with Crippen molar-refractivity contribution >= 4 is 23.3 Å². The van der Waals surface area contributed by atoms with Gasteiger partial charge in [-0.05, 0) is 49.9 Å². The Labute approximate surface area is 158 Å². The molecule has 2 aromatic rings. The first-order valence-electron chi connectivity index (χ1n) is 9.48. The molecule has 6 heteroatoms. The van der Waals surface area contributed by atoms with E-state index in [2.05, 4.69) is 22.7 Å². The lowest BCUT2D eigenvalue weighted by Crippen LogP contribution is -2.37. The topological polar surface area (TPSA) is 64.3 Å². The van der Waals surface area contributed by atoms with Crippen LogP contribution >= 0.6 is 11.8 Å². The number of thioether (sulfide) groups is 1. The molecule has 0 bridgehead atoms. The van der Waals surface area contributed by atoms with Crippen LogP contribution in [0.5, 0.6) is 0 Å². The second-order valence-corrected chi connectivity index (χ2v) is 9.15. The van der Waals surface area contributed by atoms with Crippen LogP contribution in [0.25, 0.3) is 11.4 Å². The number of anilines is 2. The lowest BCUT2D eigenvalue weighted by Gasteiger charge is -2.29. The van der Waals surface area contributed by atoms with Gasteiger partial charge < -0.3 is 15.4 Å². The summed E-state index contributed by atoms with van der Waals surface area (Å²) in [5, 5.41) is 0.833. The molecule has 1 saturated heterocycles. The monoisotopic (exact) mass is 368 g/mol. The van der Waals surface area contributed by atoms with Crippen LogP contribution in [0, 0.1) is 0 Å². The first kappa shape index (κ1) is 16.4. The fourth-order valence-electron chi connectivity index (χ4n) is 3.44. The molecule has 1 aromatic carbocycles. The van der Waals surface area contributed by atoms with Crippen molar-refractivity contribution in [3.8, 4) is 11.4 Å². The predicted octanol–water partition coefficient (Wildman–Crippen LogP) is 3.45. The zero-order chi connectivity index (χ0) is 17.6. The van der Waals surface area contributed by atoms with Crippen LogP contribution in [0.3, 0.4) is 0 Å². The van der Waals surface area contributed by atoms with Crippen molar-refractivity contribution < 1.29 is 4.74 Å². The van der Waals surface area contributed by atoms with E-state index in [0.717, 1.165) is 54.4 Å². The Bertz CT molecular complexity index is 796. The first-order valence-corrected chi connectivity index (χ1v) is 10.4. The number of nitrogens with two attached hydrogens (primary N) is 1. The average Bonchev–Trinajstić information content (AvgIpc) is 3.61. The van der Waals surface area contributed by atoms with Gasteiger partial charge in [-0.25, -0.2) is 9.97 Å². The van der Waals surface area contributed by atoms with Gasteiger partial charge in [0.15, 0.2) is 5.82 Å². The van der Waals surface area contributed by atoms with E-state index in [9.17, 15) is 0 Å². The Morgan fingerprint density at radius 1 is 1.08 bits per heavy atom. The fraction of sp³-hybridized carbons (Fsp3) is 0.500. The van der Waals surface area contributed by atoms with Gasteiger partial charge in [-0.1, -0.05) is 0 Å². The van der Waals surface area contributed by atoms with Gasteiger partial charge in [-0.2, -0.15) is 0 Å². The SMILES string of the molecule is Nc1ccc(-c2nc(N3CCOCC3)cc(C3(SC4CC4)CC3)n2)cc1. The summed E-state index contributed by atoms with van der Waals surface area (Å²) in [6.07, 6.45) is 5.18. The summed E-state index contributed by atoms with van der Waals surface area (Å²) >= 11 is 2.14. The molecule has 3 fully saturated rings. The Hall–Kier alpha value is -1.79. The number of morpholine rings is 1. The fourth-order valence-corrected chi connectivity index (χ4v) is 5.01. The maximum absolute atomic E-state index is 5.86. The molecule has 1 aromatic heterocycles. The van der Waals surface area contributed by atoms with Crippen molar-refractivity contribution in [1.82, 2.24) is 9.97 Å². The lowest BCUT2D eigenvalue weighted by atomic mass is 10.1. The zero-order valence-corrected chi connectivity index (χ0v) is 15.7. The molecule has 5 rings (SSSR count). The highest BCUT2D eigenvalue weighted by atomic mass is 32.2. The minimum absolute atomic E-state index is 0.216. The summed E-state index contributed by atoms with van der Waals surface area (Å²) in [7, 11) is 0. The maximum atomic E-state index is 5.86. The quantitative estimate of drug-likeness (QED) is 0.816. The first-order chi connectivity index (χ1) is 12.7. The van der Waals surface area contributed by atoms with E-state index in [4.69, 9.17) is 20.4 Å². The van der Waals surface area contributed by atoms with Crippen LogP contribution in [-0.4, -0.2) is 41.5 Å². The van der Waals surface area contributed by atoms with Crippen molar-refractivity contribution in [3.05, 3.63) is 36.0 Å². The Balaban J connectivity index is 1.55. The van der Waals surface area contributed by atoms with Gasteiger partial charge in [0.25, 0.3) is 0 Å². The Kier molecular flexibility index (Phi) is 4.05. The van der Waals surface area contributed by atoms with E-state index in [-0.39, 0.29) is 4.75 Å². The van der Waals surface area contributed by atoms with Gasteiger partial charge in [-0.15, -0.1) is 11.8 Å². The van der Waals surface area contributed by atoms with Gasteiger partial charge in [-0.3, -0.25) is 0 Å². The molecule has 5 nitrogen and oxygen atoms in total. The number of hydrogen-bond donors (Lipinski definition) is 1. The van der Waals surface area contributed by atoms with Crippen molar-refractivity contribution in [1.29, 1.82) is 0 Å². The highest BCUT2D eigenvalue weighted by Gasteiger charge is 2.50. The third-order valence-electron chi connectivity index (χ3n) is 5.30. The molecule has 2 heterocycles. The molecule has 3 aliphatic rings. The molecule has 2 N–H and O–H groups in total. The van der Waals surface area contributed by atoms with Gasteiger partial charge in [0.2, 0.25) is 0 Å². The van der Waals surface area contributed by atoms with E-state index < -0.39 is 0 Å². The van der Waals surface area contributed by atoms with Gasteiger partial charge in [0.05, 0.1) is 23.7 Å². The van der Waals surface area contributed by atoms with Crippen LogP contribution in [-0.2, 0) is 9.48 Å². The maximum Gasteiger partial charge on any atom is 0.161 e. The average molecular weight is 369 g/mol. The van der Waals surface area contributed by atoms with Crippen LogP contribution in [0.2, 0.25) is 0 Å². The Morgan fingerprint density at radius 3 is 2.46 bits per heavy atom. The largest absolute Gasteiger partial charge is 0.399 e. The second-order valence-electron chi connectivity index (χ2n) is 7.47. The number of nitrogen functional groups attached to an aromatic ring is 1. The minimum atomic E-state index is 0.216. The number of aromatic nitrogens is 2. The number of ether oxygens (including phenoxy) is 1. The molecule has 0 spiro atoms. The van der Waals surface area contributed by atoms with Crippen LogP contribution in [0.4, 0.5) is 11.5 Å². The van der Waals surface area contributed by atoms with Gasteiger partial charge in [0, 0.05) is 35.7 Å². The molecule has 136 valence electrons. The number of hydrogen-bond acceptors (Lipinski definition) is 6. The summed E-state index contributed by atoms with van der Waals surface area (Å²) in [6.45, 7) is 3.30. The van der Waals surface area contributed by atoms with E-state index in [1.165, 1.54) is 31.4 Å². The van der Waals surface area contributed by atoms with E-state index in [1.54, 1.807) is 0 Å². The summed E-state index contributed by atoms with van der Waals surface area (Å²) in [5.74, 6) is 1.85. The highest BCUT2D eigenvalue weighted by molar-refractivity contribution is 8.01. The van der Waals surface area contributed by atoms with Crippen molar-refractivity contribution in [3.63, 3.8) is 0 Å². The molecule has 0 atom stereocenters. The van der Waals surface area contributed by atoms with E-state index >= 15 is 0 Å². The smallest absolute Gasteiger partial charge is 0.161 e. The third kappa shape index (κ3) is 3.28. The zero-order valence-electron chi connectivity index (χ0n) is 14.9. The second kappa shape index (κ2) is 6.43. The van der Waals surface area contributed by atoms with Gasteiger partial charge >= 0.3 is 0 Å². The molecule has 1 aliphatic heterocycles. The third-order valence-corrected chi connectivity index (χ3v) is 7.18. The van der Waals surface area contributed by atoms with E-state index in [1.807, 2.05) is 24.3 Å². The Morgan fingerprint density at radius 2 is 1.81 bits per heavy atom. The van der Waals surface area contributed by atoms with Crippen LogP contribution in [0.15, 0.2) is 30.3 Å². The number of rotatable bonds is 5. The van der Waals surface area contributed by atoms with Crippen LogP contribution < -0.4 is 10.6 Å². The van der Waals surface area contributed by atoms with Crippen molar-refractivity contribution in [2.24, 2.45) is 0 Å². The molecular formula is C20H24N4OS. The number of nitrogens with zero attached hydrogens (tertiary/aromatic N) is 3. The lowest BCUT2D eigenvalue weighted by molar-refractivity contribution is 0.122. The summed E-state index contributed by atoms with van der Waals surface area (Å²) in [6, 6.07) is 10.1. The van der Waals surface area contributed by atoms with Crippen molar-refractivity contribution in [2.75, 3.05) is 36.9 Å². The van der Waals surface area contributed by atoms with Crippen molar-refractivity contribution in [2.45, 2.75) is 35.7 Å². The molecule has 26 heavy (non-hydrogen) atoms. The summed E-state index contributed by atoms with van der Waals surface area (Å²) in [5.41, 5.74) is 8.86. The summed E-state index contributed by atoms with van der Waals surface area (Å²) in [4.78, 5) is 12.2. The molecule has 0 radical (unpaired) electrons. The highest BCUT2D eigenvalue weighted by Crippen LogP contribution is 2.61. The molecule has 0 unspecified atom stereocenters. The molecular weight excluding hydrogens is 344 g/mol. The number of benzene rings is 1. The standard InChI is InChI=1S/C20H24N4OS/c21-15-3-1-14(2-4-15)19-22-17(20(7-8-20)26-16-5-6-16)13-18(23-19)24-9-11-25-12-10-24/h1-4,13,16H,5-12,21H2. The molecule has 0 amide bonds. The predicted molar refractivity (Wildman–Crippen MR) is 106 cm³/mol. The van der Waals surface area contributed by atoms with E-state index in [0.29, 0.717) is 0 Å². The summed E-state index contributed by atoms with van der Waals surface area (Å²) < 4.78 is 5.73. The normalized spacial score (nSPS) is 21.6. The minimum Gasteiger partial charge on any atom is -0.399 e.